The van der Waals surface area contributed by atoms with Crippen LogP contribution in [-0.2, 0) is 33.6 Å². The Labute approximate surface area is 600 Å². The van der Waals surface area contributed by atoms with Gasteiger partial charge in [0.1, 0.15) is 6.04 Å². The van der Waals surface area contributed by atoms with Gasteiger partial charge in [0.05, 0.1) is 31.0 Å². The number of carbonyl (C=O) groups is 5. The van der Waals surface area contributed by atoms with E-state index < -0.39 is 29.3 Å². The number of carboxylic acids is 1. The van der Waals surface area contributed by atoms with Gasteiger partial charge in [0.25, 0.3) is 5.91 Å². The van der Waals surface area contributed by atoms with E-state index in [-0.39, 0.29) is 34.6 Å². The van der Waals surface area contributed by atoms with Gasteiger partial charge in [-0.15, -0.1) is 0 Å². The summed E-state index contributed by atoms with van der Waals surface area (Å²) in [4.78, 5) is 73.2. The second-order valence-electron chi connectivity index (χ2n) is 29.8. The van der Waals surface area contributed by atoms with Crippen LogP contribution in [0.4, 0.5) is 4.79 Å². The van der Waals surface area contributed by atoms with Crippen molar-refractivity contribution in [1.82, 2.24) is 21.3 Å². The van der Waals surface area contributed by atoms with Gasteiger partial charge in [-0.3, -0.25) is 19.3 Å². The predicted molar refractivity (Wildman–Crippen MR) is 406 cm³/mol. The number of aliphatic hydroxyl groups is 1. The first-order valence-corrected chi connectivity index (χ1v) is 42.2. The lowest BCUT2D eigenvalue weighted by Crippen LogP contribution is -2.45. The number of carboxylic acid groups (broad SMARTS) is 1. The number of carbonyl (C=O) groups excluding carboxylic acids is 4. The Morgan fingerprint density at radius 2 is 1.09 bits per heavy atom. The van der Waals surface area contributed by atoms with Crippen LogP contribution in [-0.4, -0.2) is 109 Å². The molecule has 6 unspecified atom stereocenters. The van der Waals surface area contributed by atoms with Gasteiger partial charge in [0, 0.05) is 55.1 Å². The third kappa shape index (κ3) is 50.0. The van der Waals surface area contributed by atoms with Crippen molar-refractivity contribution in [3.63, 3.8) is 0 Å². The number of nitrogens with one attached hydrogen (secondary N) is 4. The van der Waals surface area contributed by atoms with Gasteiger partial charge in [-0.1, -0.05) is 279 Å². The molecule has 15 nitrogen and oxygen atoms in total. The van der Waals surface area contributed by atoms with Crippen molar-refractivity contribution in [2.24, 2.45) is 23.7 Å². The number of ether oxygens (including phenoxy) is 2. The summed E-state index contributed by atoms with van der Waals surface area (Å²) in [6, 6.07) is 6.49. The van der Waals surface area contributed by atoms with Crippen LogP contribution in [0.2, 0.25) is 0 Å². The fourth-order valence-electron chi connectivity index (χ4n) is 13.3. The molecule has 6 N–H and O–H groups in total. The van der Waals surface area contributed by atoms with Crippen molar-refractivity contribution >= 4 is 51.4 Å². The molecule has 1 aromatic rings. The first-order valence-electron chi connectivity index (χ1n) is 39.8. The standard InChI is InChI=1S/C80H146N4O11S2/c1-9-68(45-37-31-27-23-19-15-13-11-12-14-17-21-25-29-33-43-61-85)46-38-32-28-24-20-16-18-22-26-30-34-44-62-94-95-78(91)83-58-42-36-41-49-74(86)81-59-56-79(5,6)92-63-57-80(7,8)93-64-60-82-75(87)72-54-52-70(53-55-72)67(4)97-96-65-73(77(89)90)84-76(88)71-48-40-35-39-47-69(10-2)66(3)50-51-71/h52-55,66-69,71,73,85H,9-51,56-65H2,1-8H3,(H,81,86)(H,82,87)(H,83,91)(H,84,88)(H,89,90). The monoisotopic (exact) mass is 1400 g/mol. The van der Waals surface area contributed by atoms with Crippen LogP contribution in [0.5, 0.6) is 0 Å². The third-order valence-electron chi connectivity index (χ3n) is 20.3. The summed E-state index contributed by atoms with van der Waals surface area (Å²) in [7, 11) is 2.99. The molecule has 564 valence electrons. The molecule has 17 heteroatoms. The summed E-state index contributed by atoms with van der Waals surface area (Å²) in [5.74, 6) is 0.956. The first-order chi connectivity index (χ1) is 46.9. The maximum Gasteiger partial charge on any atom is 0.438 e. The molecular weight excluding hydrogens is 1260 g/mol. The highest BCUT2D eigenvalue weighted by Gasteiger charge is 2.29. The molecule has 0 heterocycles. The van der Waals surface area contributed by atoms with Crippen LogP contribution in [0.3, 0.4) is 0 Å². The minimum atomic E-state index is -1.02. The number of hydrogen-bond acceptors (Lipinski definition) is 12. The van der Waals surface area contributed by atoms with Crippen molar-refractivity contribution < 1.29 is 53.4 Å². The largest absolute Gasteiger partial charge is 0.480 e. The Bertz CT molecular complexity index is 2100. The maximum absolute atomic E-state index is 13.4. The van der Waals surface area contributed by atoms with E-state index in [1.165, 1.54) is 203 Å². The zero-order chi connectivity index (χ0) is 70.9. The lowest BCUT2D eigenvalue weighted by molar-refractivity contribution is -0.239. The average molecular weight is 1400 g/mol. The molecule has 2 rings (SSSR count). The van der Waals surface area contributed by atoms with E-state index in [2.05, 4.69) is 42.0 Å². The highest BCUT2D eigenvalue weighted by atomic mass is 33.1. The summed E-state index contributed by atoms with van der Waals surface area (Å²) < 4.78 is 12.4. The Balaban J connectivity index is 1.38. The Hall–Kier alpha value is -3.09. The quantitative estimate of drug-likeness (QED) is 0.0155. The van der Waals surface area contributed by atoms with Crippen molar-refractivity contribution in [1.29, 1.82) is 0 Å². The molecule has 0 spiro atoms. The normalized spacial score (nSPS) is 16.5. The number of hydrogen-bond donors (Lipinski definition) is 6. The molecule has 1 saturated carbocycles. The van der Waals surface area contributed by atoms with Crippen molar-refractivity contribution in [2.75, 3.05) is 51.8 Å². The van der Waals surface area contributed by atoms with Crippen LogP contribution in [0, 0.1) is 23.7 Å². The summed E-state index contributed by atoms with van der Waals surface area (Å²) in [5.41, 5.74) is 0.632. The first kappa shape index (κ1) is 90.0. The van der Waals surface area contributed by atoms with Crippen LogP contribution in [0.1, 0.15) is 365 Å². The molecule has 0 radical (unpaired) electrons. The zero-order valence-corrected chi connectivity index (χ0v) is 64.8. The van der Waals surface area contributed by atoms with E-state index in [0.717, 1.165) is 88.5 Å². The molecule has 1 aromatic carbocycles. The summed E-state index contributed by atoms with van der Waals surface area (Å²) in [6.07, 6.45) is 53.2. The Morgan fingerprint density at radius 1 is 0.567 bits per heavy atom. The minimum absolute atomic E-state index is 0.00187. The van der Waals surface area contributed by atoms with Crippen LogP contribution < -0.4 is 21.3 Å². The predicted octanol–water partition coefficient (Wildman–Crippen LogP) is 20.9. The number of amides is 4. The zero-order valence-electron chi connectivity index (χ0n) is 63.1. The average Bonchev–Trinajstić information content (AvgIpc) is 1.04. The summed E-state index contributed by atoms with van der Waals surface area (Å²) in [5, 5.41) is 30.5. The van der Waals surface area contributed by atoms with Gasteiger partial charge in [-0.2, -0.15) is 4.89 Å². The van der Waals surface area contributed by atoms with Crippen molar-refractivity contribution in [3.8, 4) is 0 Å². The van der Waals surface area contributed by atoms with Gasteiger partial charge in [0.15, 0.2) is 0 Å². The molecule has 1 aliphatic rings. The van der Waals surface area contributed by atoms with E-state index in [0.29, 0.717) is 82.7 Å². The van der Waals surface area contributed by atoms with Crippen molar-refractivity contribution in [2.45, 2.75) is 367 Å². The SMILES string of the molecule is CCC(CCCCCCCCCCCCCCCCCCO)CCCCCCCCCCCCCCOOC(=O)NCCCCCC(=O)NCCC(C)(C)OCCC(C)(C)OCCNC(=O)c1ccc(C(C)SSCC(NC(=O)C2CCCCCC(CC)C(C)CC2)C(=O)O)cc1. The van der Waals surface area contributed by atoms with Gasteiger partial charge in [-0.25, -0.2) is 9.59 Å². The molecule has 0 aromatic heterocycles. The smallest absolute Gasteiger partial charge is 0.438 e. The third-order valence-corrected chi connectivity index (χ3v) is 23.1. The van der Waals surface area contributed by atoms with E-state index in [4.69, 9.17) is 24.4 Å². The number of rotatable bonds is 62. The van der Waals surface area contributed by atoms with E-state index in [1.807, 2.05) is 46.8 Å². The van der Waals surface area contributed by atoms with Crippen LogP contribution in [0.25, 0.3) is 0 Å². The molecule has 1 fully saturated rings. The van der Waals surface area contributed by atoms with Gasteiger partial charge < -0.3 is 41.0 Å². The fraction of sp³-hybridized carbons (Fsp3) is 0.863. The van der Waals surface area contributed by atoms with E-state index >= 15 is 0 Å². The maximum atomic E-state index is 13.4. The molecule has 0 aliphatic heterocycles. The summed E-state index contributed by atoms with van der Waals surface area (Å²) in [6.45, 7) is 19.9. The highest BCUT2D eigenvalue weighted by Crippen LogP contribution is 2.38. The number of unbranched alkanes of at least 4 members (excludes halogenated alkanes) is 28. The Kier molecular flexibility index (Phi) is 55.1. The van der Waals surface area contributed by atoms with Gasteiger partial charge in [-0.05, 0) is 128 Å². The minimum Gasteiger partial charge on any atom is -0.480 e. The molecule has 4 amide bonds. The Morgan fingerprint density at radius 3 is 1.65 bits per heavy atom. The molecular formula is C80H146N4O11S2. The topological polar surface area (TPSA) is 211 Å². The molecule has 0 bridgehead atoms. The van der Waals surface area contributed by atoms with E-state index in [9.17, 15) is 29.1 Å². The van der Waals surface area contributed by atoms with Gasteiger partial charge in [0.2, 0.25) is 11.8 Å². The number of aliphatic hydroxyl groups excluding tert-OH is 1. The second kappa shape index (κ2) is 59.4. The number of benzene rings is 1. The van der Waals surface area contributed by atoms with Crippen LogP contribution in [0.15, 0.2) is 24.3 Å². The molecule has 97 heavy (non-hydrogen) atoms. The lowest BCUT2D eigenvalue weighted by Gasteiger charge is -2.30. The van der Waals surface area contributed by atoms with Crippen LogP contribution >= 0.6 is 21.6 Å². The summed E-state index contributed by atoms with van der Waals surface area (Å²) >= 11 is 0. The molecule has 6 atom stereocenters. The number of aliphatic carboxylic acids is 1. The van der Waals surface area contributed by atoms with Crippen molar-refractivity contribution in [3.05, 3.63) is 35.4 Å². The lowest BCUT2D eigenvalue weighted by atomic mass is 9.80. The second-order valence-corrected chi connectivity index (χ2v) is 32.6. The van der Waals surface area contributed by atoms with E-state index in [1.54, 1.807) is 22.9 Å². The van der Waals surface area contributed by atoms with Gasteiger partial charge >= 0.3 is 12.1 Å². The fourth-order valence-corrected chi connectivity index (χ4v) is 15.8. The highest BCUT2D eigenvalue weighted by molar-refractivity contribution is 8.76. The molecule has 1 aliphatic carbocycles. The molecule has 0 saturated heterocycles.